The highest BCUT2D eigenvalue weighted by Crippen LogP contribution is 2.31. The van der Waals surface area contributed by atoms with Gasteiger partial charge in [-0.2, -0.15) is 5.26 Å². The van der Waals surface area contributed by atoms with Crippen LogP contribution in [0.2, 0.25) is 0 Å². The van der Waals surface area contributed by atoms with Crippen molar-refractivity contribution in [2.75, 3.05) is 24.5 Å². The van der Waals surface area contributed by atoms with Crippen LogP contribution in [0.4, 0.5) is 5.82 Å². The monoisotopic (exact) mass is 575 g/mol. The largest absolute Gasteiger partial charge is 0.354 e. The maximum absolute atomic E-state index is 13.4. The lowest BCUT2D eigenvalue weighted by atomic mass is 9.92. The molecule has 1 aliphatic carbocycles. The smallest absolute Gasteiger partial charge is 0.262 e. The average molecular weight is 576 g/mol. The van der Waals surface area contributed by atoms with Gasteiger partial charge in [0, 0.05) is 44.8 Å². The molecule has 1 saturated carbocycles. The Bertz CT molecular complexity index is 1630. The SMILES string of the molecule is C[C@@H]1CN(c2ccc(C#N)cn2)CCN1Cc1ccc(CCc2cccc3c2C(=O)N(C2CCC(=O)CC2=O)C3=O)cc1. The fourth-order valence-corrected chi connectivity index (χ4v) is 6.40. The first-order chi connectivity index (χ1) is 20.8. The fraction of sp³-hybridized carbons (Fsp3) is 0.353. The Morgan fingerprint density at radius 2 is 1.72 bits per heavy atom. The van der Waals surface area contributed by atoms with Crippen LogP contribution >= 0.6 is 0 Å². The predicted octanol–water partition coefficient (Wildman–Crippen LogP) is 3.74. The first kappa shape index (κ1) is 28.4. The molecule has 2 fully saturated rings. The minimum absolute atomic E-state index is 0.140. The van der Waals surface area contributed by atoms with Gasteiger partial charge in [0.1, 0.15) is 17.7 Å². The molecule has 6 rings (SSSR count). The molecule has 1 aromatic heterocycles. The lowest BCUT2D eigenvalue weighted by Crippen LogP contribution is -2.51. The second-order valence-electron chi connectivity index (χ2n) is 11.7. The zero-order chi connectivity index (χ0) is 30.1. The summed E-state index contributed by atoms with van der Waals surface area (Å²) in [5, 5.41) is 9.02. The zero-order valence-electron chi connectivity index (χ0n) is 24.2. The third-order valence-electron chi connectivity index (χ3n) is 8.84. The van der Waals surface area contributed by atoms with Crippen LogP contribution in [0.3, 0.4) is 0 Å². The highest BCUT2D eigenvalue weighted by molar-refractivity contribution is 6.24. The summed E-state index contributed by atoms with van der Waals surface area (Å²) in [7, 11) is 0. The third kappa shape index (κ3) is 5.71. The Labute approximate surface area is 250 Å². The first-order valence-electron chi connectivity index (χ1n) is 14.8. The van der Waals surface area contributed by atoms with Crippen molar-refractivity contribution in [1.82, 2.24) is 14.8 Å². The van der Waals surface area contributed by atoms with E-state index < -0.39 is 17.9 Å². The molecule has 3 aliphatic rings. The number of anilines is 1. The molecule has 9 heteroatoms. The van der Waals surface area contributed by atoms with Gasteiger partial charge in [0.15, 0.2) is 5.78 Å². The number of nitrogens with zero attached hydrogens (tertiary/aromatic N) is 5. The number of nitriles is 1. The molecule has 3 heterocycles. The van der Waals surface area contributed by atoms with Crippen molar-refractivity contribution >= 4 is 29.2 Å². The lowest BCUT2D eigenvalue weighted by molar-refractivity contribution is -0.132. The minimum atomic E-state index is -0.858. The van der Waals surface area contributed by atoms with Crippen LogP contribution in [-0.2, 0) is 29.0 Å². The summed E-state index contributed by atoms with van der Waals surface area (Å²) in [6, 6.07) is 19.2. The summed E-state index contributed by atoms with van der Waals surface area (Å²) in [6.45, 7) is 5.72. The molecule has 1 saturated heterocycles. The molecule has 9 nitrogen and oxygen atoms in total. The Morgan fingerprint density at radius 3 is 2.42 bits per heavy atom. The van der Waals surface area contributed by atoms with Gasteiger partial charge in [0.2, 0.25) is 0 Å². The molecule has 218 valence electrons. The minimum Gasteiger partial charge on any atom is -0.354 e. The van der Waals surface area contributed by atoms with E-state index in [1.807, 2.05) is 18.2 Å². The van der Waals surface area contributed by atoms with Crippen molar-refractivity contribution in [3.63, 3.8) is 0 Å². The van der Waals surface area contributed by atoms with E-state index in [2.05, 4.69) is 52.0 Å². The summed E-state index contributed by atoms with van der Waals surface area (Å²) in [5.74, 6) is -0.465. The van der Waals surface area contributed by atoms with E-state index in [1.165, 1.54) is 5.56 Å². The van der Waals surface area contributed by atoms with Gasteiger partial charge < -0.3 is 4.90 Å². The van der Waals surface area contributed by atoms with Crippen molar-refractivity contribution < 1.29 is 19.2 Å². The number of carbonyl (C=O) groups is 4. The molecule has 0 radical (unpaired) electrons. The summed E-state index contributed by atoms with van der Waals surface area (Å²) < 4.78 is 0. The maximum atomic E-state index is 13.4. The van der Waals surface area contributed by atoms with Crippen LogP contribution < -0.4 is 4.90 Å². The number of amides is 2. The van der Waals surface area contributed by atoms with Crippen LogP contribution in [0.25, 0.3) is 0 Å². The fourth-order valence-electron chi connectivity index (χ4n) is 6.40. The summed E-state index contributed by atoms with van der Waals surface area (Å²) >= 11 is 0. The van der Waals surface area contributed by atoms with Crippen LogP contribution in [0.5, 0.6) is 0 Å². The van der Waals surface area contributed by atoms with Crippen LogP contribution in [0.15, 0.2) is 60.8 Å². The van der Waals surface area contributed by atoms with Crippen molar-refractivity contribution in [3.05, 3.63) is 94.2 Å². The molecule has 43 heavy (non-hydrogen) atoms. The molecule has 0 N–H and O–H groups in total. The highest BCUT2D eigenvalue weighted by Gasteiger charge is 2.45. The van der Waals surface area contributed by atoms with Crippen LogP contribution in [0, 0.1) is 11.3 Å². The lowest BCUT2D eigenvalue weighted by Gasteiger charge is -2.40. The van der Waals surface area contributed by atoms with Crippen molar-refractivity contribution in [2.45, 2.75) is 57.7 Å². The molecule has 2 atom stereocenters. The van der Waals surface area contributed by atoms with E-state index in [4.69, 9.17) is 5.26 Å². The zero-order valence-corrected chi connectivity index (χ0v) is 24.2. The van der Waals surface area contributed by atoms with Crippen molar-refractivity contribution in [2.24, 2.45) is 0 Å². The number of piperazine rings is 1. The van der Waals surface area contributed by atoms with Crippen LogP contribution in [0.1, 0.15) is 69.2 Å². The molecule has 0 bridgehead atoms. The molecular formula is C34H33N5O4. The van der Waals surface area contributed by atoms with E-state index in [9.17, 15) is 19.2 Å². The van der Waals surface area contributed by atoms with E-state index >= 15 is 0 Å². The van der Waals surface area contributed by atoms with Crippen LogP contribution in [-0.4, -0.2) is 69.9 Å². The Hall–Kier alpha value is -4.68. The predicted molar refractivity (Wildman–Crippen MR) is 159 cm³/mol. The van der Waals surface area contributed by atoms with E-state index in [0.717, 1.165) is 48.0 Å². The molecular weight excluding hydrogens is 542 g/mol. The topological polar surface area (TPSA) is 115 Å². The number of benzene rings is 2. The van der Waals surface area contributed by atoms with Gasteiger partial charge >= 0.3 is 0 Å². The van der Waals surface area contributed by atoms with Gasteiger partial charge in [-0.25, -0.2) is 4.98 Å². The molecule has 0 spiro atoms. The van der Waals surface area contributed by atoms with E-state index in [0.29, 0.717) is 35.6 Å². The number of rotatable bonds is 7. The Balaban J connectivity index is 1.06. The van der Waals surface area contributed by atoms with E-state index in [1.54, 1.807) is 18.3 Å². The van der Waals surface area contributed by atoms with E-state index in [-0.39, 0.29) is 30.8 Å². The number of aryl methyl sites for hydroxylation is 2. The number of hydrogen-bond acceptors (Lipinski definition) is 8. The van der Waals surface area contributed by atoms with Gasteiger partial charge in [-0.05, 0) is 61.1 Å². The summed E-state index contributed by atoms with van der Waals surface area (Å²) in [5.41, 5.74) is 4.46. The second-order valence-corrected chi connectivity index (χ2v) is 11.7. The number of aromatic nitrogens is 1. The quantitative estimate of drug-likeness (QED) is 0.309. The molecule has 2 aromatic carbocycles. The molecule has 1 unspecified atom stereocenters. The molecule has 2 aliphatic heterocycles. The van der Waals surface area contributed by atoms with Crippen molar-refractivity contribution in [1.29, 1.82) is 5.26 Å². The Kier molecular flexibility index (Phi) is 7.87. The van der Waals surface area contributed by atoms with Gasteiger partial charge in [-0.3, -0.25) is 29.0 Å². The highest BCUT2D eigenvalue weighted by atomic mass is 16.2. The third-order valence-corrected chi connectivity index (χ3v) is 8.84. The van der Waals surface area contributed by atoms with Crippen molar-refractivity contribution in [3.8, 4) is 6.07 Å². The number of pyridine rings is 1. The average Bonchev–Trinajstić information content (AvgIpc) is 3.27. The number of carbonyl (C=O) groups excluding carboxylic acids is 4. The summed E-state index contributed by atoms with van der Waals surface area (Å²) in [4.78, 5) is 61.0. The number of ketones is 2. The number of hydrogen-bond donors (Lipinski definition) is 0. The van der Waals surface area contributed by atoms with Gasteiger partial charge in [0.05, 0.1) is 29.2 Å². The molecule has 3 aromatic rings. The normalized spacial score (nSPS) is 20.8. The number of Topliss-reactive ketones (excluding diaryl/α,β-unsaturated/α-hetero) is 2. The number of fused-ring (bicyclic) bond motifs is 1. The maximum Gasteiger partial charge on any atom is 0.262 e. The standard InChI is InChI=1S/C34H33N5O4/c1-22-20-38(31-14-10-25(18-35)19-36-31)16-15-37(22)21-24-7-5-23(6-8-24)9-11-26-3-2-4-28-32(26)34(43)39(33(28)42)29-13-12-27(40)17-30(29)41/h2-8,10,14,19,22,29H,9,11-13,15-17,20-21H2,1H3/t22-,29?/m1/s1. The molecule has 2 amide bonds. The van der Waals surface area contributed by atoms with Gasteiger partial charge in [0.25, 0.3) is 11.8 Å². The van der Waals surface area contributed by atoms with Gasteiger partial charge in [-0.1, -0.05) is 36.4 Å². The second kappa shape index (κ2) is 11.9. The first-order valence-corrected chi connectivity index (χ1v) is 14.8. The number of imide groups is 1. The van der Waals surface area contributed by atoms with Gasteiger partial charge in [-0.15, -0.1) is 0 Å². The summed E-state index contributed by atoms with van der Waals surface area (Å²) in [6.07, 6.45) is 3.11. The Morgan fingerprint density at radius 1 is 0.930 bits per heavy atom.